The number of nitrogens with zero attached hydrogens (tertiary/aromatic N) is 2. The molecule has 1 aromatic heterocycles. The van der Waals surface area contributed by atoms with Gasteiger partial charge < -0.3 is 15.2 Å². The predicted octanol–water partition coefficient (Wildman–Crippen LogP) is 1.31. The number of hydrogen-bond acceptors (Lipinski definition) is 2. The third kappa shape index (κ3) is 1.86. The lowest BCUT2D eigenvalue weighted by molar-refractivity contribution is -0.129. The number of fused-ring (bicyclic) bond motifs is 1. The van der Waals surface area contributed by atoms with E-state index in [1.54, 1.807) is 19.0 Å². The van der Waals surface area contributed by atoms with Gasteiger partial charge in [0.2, 0.25) is 5.91 Å². The van der Waals surface area contributed by atoms with Crippen molar-refractivity contribution in [3.8, 4) is 0 Å². The fourth-order valence-electron chi connectivity index (χ4n) is 1.64. The SMILES string of the molecule is CN(C)C(=O)Cn1ccc2cc(N)ccc21. The molecule has 0 aliphatic heterocycles. The van der Waals surface area contributed by atoms with Crippen molar-refractivity contribution in [1.29, 1.82) is 0 Å². The van der Waals surface area contributed by atoms with Crippen LogP contribution in [-0.4, -0.2) is 29.5 Å². The Morgan fingerprint density at radius 1 is 1.38 bits per heavy atom. The van der Waals surface area contributed by atoms with Gasteiger partial charge in [-0.2, -0.15) is 0 Å². The van der Waals surface area contributed by atoms with Gasteiger partial charge in [0.25, 0.3) is 0 Å². The first-order valence-corrected chi connectivity index (χ1v) is 5.12. The molecule has 2 aromatic rings. The second-order valence-corrected chi connectivity index (χ2v) is 4.05. The lowest BCUT2D eigenvalue weighted by Crippen LogP contribution is -2.25. The Bertz CT molecular complexity index is 528. The maximum absolute atomic E-state index is 11.6. The number of benzene rings is 1. The molecular formula is C12H15N3O. The van der Waals surface area contributed by atoms with E-state index in [-0.39, 0.29) is 5.91 Å². The standard InChI is InChI=1S/C12H15N3O/c1-14(2)12(16)8-15-6-5-9-7-10(13)3-4-11(9)15/h3-7H,8,13H2,1-2H3. The van der Waals surface area contributed by atoms with Crippen LogP contribution in [0.1, 0.15) is 0 Å². The highest BCUT2D eigenvalue weighted by molar-refractivity contribution is 5.85. The zero-order valence-corrected chi connectivity index (χ0v) is 9.47. The largest absolute Gasteiger partial charge is 0.399 e. The molecule has 0 spiro atoms. The number of nitrogens with two attached hydrogens (primary N) is 1. The topological polar surface area (TPSA) is 51.3 Å². The van der Waals surface area contributed by atoms with Crippen LogP contribution in [-0.2, 0) is 11.3 Å². The highest BCUT2D eigenvalue weighted by Gasteiger charge is 2.07. The van der Waals surface area contributed by atoms with Crippen molar-refractivity contribution in [2.24, 2.45) is 0 Å². The van der Waals surface area contributed by atoms with E-state index in [0.717, 1.165) is 16.6 Å². The highest BCUT2D eigenvalue weighted by Crippen LogP contribution is 2.18. The van der Waals surface area contributed by atoms with Crippen molar-refractivity contribution in [3.05, 3.63) is 30.5 Å². The van der Waals surface area contributed by atoms with Crippen molar-refractivity contribution >= 4 is 22.5 Å². The van der Waals surface area contributed by atoms with Crippen molar-refractivity contribution in [3.63, 3.8) is 0 Å². The maximum atomic E-state index is 11.6. The Morgan fingerprint density at radius 2 is 2.12 bits per heavy atom. The van der Waals surface area contributed by atoms with Gasteiger partial charge in [-0.3, -0.25) is 4.79 Å². The second-order valence-electron chi connectivity index (χ2n) is 4.05. The van der Waals surface area contributed by atoms with Crippen LogP contribution in [0, 0.1) is 0 Å². The normalized spacial score (nSPS) is 10.6. The molecule has 0 atom stereocenters. The number of amides is 1. The summed E-state index contributed by atoms with van der Waals surface area (Å²) in [6, 6.07) is 7.66. The van der Waals surface area contributed by atoms with Crippen LogP contribution >= 0.6 is 0 Å². The minimum absolute atomic E-state index is 0.0781. The van der Waals surface area contributed by atoms with E-state index < -0.39 is 0 Å². The maximum Gasteiger partial charge on any atom is 0.241 e. The summed E-state index contributed by atoms with van der Waals surface area (Å²) < 4.78 is 1.93. The van der Waals surface area contributed by atoms with Crippen molar-refractivity contribution < 1.29 is 4.79 Å². The number of carbonyl (C=O) groups is 1. The van der Waals surface area contributed by atoms with Crippen LogP contribution in [0.15, 0.2) is 30.5 Å². The minimum Gasteiger partial charge on any atom is -0.399 e. The molecule has 0 saturated heterocycles. The number of anilines is 1. The molecule has 0 saturated carbocycles. The summed E-state index contributed by atoms with van der Waals surface area (Å²) >= 11 is 0. The summed E-state index contributed by atoms with van der Waals surface area (Å²) in [5.74, 6) is 0.0781. The average molecular weight is 217 g/mol. The first-order valence-electron chi connectivity index (χ1n) is 5.12. The van der Waals surface area contributed by atoms with E-state index in [1.165, 1.54) is 0 Å². The fraction of sp³-hybridized carbons (Fsp3) is 0.250. The summed E-state index contributed by atoms with van der Waals surface area (Å²) in [5, 5.41) is 1.06. The van der Waals surface area contributed by atoms with E-state index >= 15 is 0 Å². The van der Waals surface area contributed by atoms with Crippen LogP contribution in [0.5, 0.6) is 0 Å². The van der Waals surface area contributed by atoms with Gasteiger partial charge >= 0.3 is 0 Å². The molecule has 0 bridgehead atoms. The summed E-state index contributed by atoms with van der Waals surface area (Å²) in [6.07, 6.45) is 1.91. The molecule has 2 N–H and O–H groups in total. The minimum atomic E-state index is 0.0781. The molecule has 2 rings (SSSR count). The predicted molar refractivity (Wildman–Crippen MR) is 65.0 cm³/mol. The number of rotatable bonds is 2. The Labute approximate surface area is 94.3 Å². The van der Waals surface area contributed by atoms with Crippen LogP contribution in [0.3, 0.4) is 0 Å². The Balaban J connectivity index is 2.35. The molecule has 1 aromatic carbocycles. The van der Waals surface area contributed by atoms with Crippen molar-refractivity contribution in [2.45, 2.75) is 6.54 Å². The fourth-order valence-corrected chi connectivity index (χ4v) is 1.64. The molecule has 4 heteroatoms. The van der Waals surface area contributed by atoms with Crippen molar-refractivity contribution in [2.75, 3.05) is 19.8 Å². The van der Waals surface area contributed by atoms with Gasteiger partial charge in [-0.1, -0.05) is 0 Å². The smallest absolute Gasteiger partial charge is 0.241 e. The molecule has 0 aliphatic carbocycles. The number of aromatic nitrogens is 1. The van der Waals surface area contributed by atoms with E-state index in [2.05, 4.69) is 0 Å². The molecule has 0 radical (unpaired) electrons. The Hall–Kier alpha value is -1.97. The van der Waals surface area contributed by atoms with E-state index in [1.807, 2.05) is 35.0 Å². The number of hydrogen-bond donors (Lipinski definition) is 1. The zero-order chi connectivity index (χ0) is 11.7. The molecule has 0 unspecified atom stereocenters. The van der Waals surface area contributed by atoms with Crippen LogP contribution in [0.25, 0.3) is 10.9 Å². The summed E-state index contributed by atoms with van der Waals surface area (Å²) in [6.45, 7) is 0.362. The molecule has 4 nitrogen and oxygen atoms in total. The first kappa shape index (κ1) is 10.5. The number of carbonyl (C=O) groups excluding carboxylic acids is 1. The van der Waals surface area contributed by atoms with Crippen LogP contribution < -0.4 is 5.73 Å². The summed E-state index contributed by atoms with van der Waals surface area (Å²) in [4.78, 5) is 13.2. The first-order chi connectivity index (χ1) is 7.58. The molecule has 16 heavy (non-hydrogen) atoms. The quantitative estimate of drug-likeness (QED) is 0.771. The Kier molecular flexibility index (Phi) is 2.56. The van der Waals surface area contributed by atoms with Gasteiger partial charge in [0.15, 0.2) is 0 Å². The van der Waals surface area contributed by atoms with E-state index in [9.17, 15) is 4.79 Å². The summed E-state index contributed by atoms with van der Waals surface area (Å²) in [5.41, 5.74) is 7.47. The van der Waals surface area contributed by atoms with Gasteiger partial charge in [-0.05, 0) is 24.3 Å². The second kappa shape index (κ2) is 3.89. The average Bonchev–Trinajstić information content (AvgIpc) is 2.60. The number of likely N-dealkylation sites (N-methyl/N-ethyl adjacent to an activating group) is 1. The third-order valence-electron chi connectivity index (χ3n) is 2.60. The van der Waals surface area contributed by atoms with E-state index in [4.69, 9.17) is 5.73 Å². The highest BCUT2D eigenvalue weighted by atomic mass is 16.2. The van der Waals surface area contributed by atoms with Gasteiger partial charge in [0.1, 0.15) is 6.54 Å². The lowest BCUT2D eigenvalue weighted by Gasteiger charge is -2.11. The molecule has 1 heterocycles. The van der Waals surface area contributed by atoms with Gasteiger partial charge in [0.05, 0.1) is 0 Å². The zero-order valence-electron chi connectivity index (χ0n) is 9.47. The molecular weight excluding hydrogens is 202 g/mol. The van der Waals surface area contributed by atoms with Gasteiger partial charge in [-0.25, -0.2) is 0 Å². The third-order valence-corrected chi connectivity index (χ3v) is 2.60. The Morgan fingerprint density at radius 3 is 2.81 bits per heavy atom. The van der Waals surface area contributed by atoms with Crippen molar-refractivity contribution in [1.82, 2.24) is 9.47 Å². The summed E-state index contributed by atoms with van der Waals surface area (Å²) in [7, 11) is 3.51. The monoisotopic (exact) mass is 217 g/mol. The molecule has 1 amide bonds. The van der Waals surface area contributed by atoms with Crippen LogP contribution in [0.2, 0.25) is 0 Å². The lowest BCUT2D eigenvalue weighted by atomic mass is 10.2. The van der Waals surface area contributed by atoms with E-state index in [0.29, 0.717) is 6.54 Å². The van der Waals surface area contributed by atoms with Crippen LogP contribution in [0.4, 0.5) is 5.69 Å². The number of nitrogen functional groups attached to an aromatic ring is 1. The molecule has 84 valence electrons. The molecule has 0 fully saturated rings. The molecule has 0 aliphatic rings. The van der Waals surface area contributed by atoms with Gasteiger partial charge in [0, 0.05) is 36.9 Å². The van der Waals surface area contributed by atoms with Gasteiger partial charge in [-0.15, -0.1) is 0 Å².